The summed E-state index contributed by atoms with van der Waals surface area (Å²) in [7, 11) is 0. The second-order valence-corrected chi connectivity index (χ2v) is 3.54. The van der Waals surface area contributed by atoms with Gasteiger partial charge in [-0.2, -0.15) is 0 Å². The van der Waals surface area contributed by atoms with E-state index in [9.17, 15) is 4.79 Å². The van der Waals surface area contributed by atoms with Crippen LogP contribution in [0.1, 0.15) is 18.5 Å². The summed E-state index contributed by atoms with van der Waals surface area (Å²) in [6.07, 6.45) is 0. The highest BCUT2D eigenvalue weighted by Gasteiger charge is 2.17. The molecule has 1 rings (SSSR count). The van der Waals surface area contributed by atoms with Gasteiger partial charge in [0.15, 0.2) is 5.78 Å². The van der Waals surface area contributed by atoms with Crippen LogP contribution in [-0.4, -0.2) is 5.78 Å². The summed E-state index contributed by atoms with van der Waals surface area (Å²) in [5.41, 5.74) is 6.12. The monoisotopic (exact) mass is 217 g/mol. The number of benzene rings is 1. The Labute approximate surface area is 86.6 Å². The van der Waals surface area contributed by atoms with Gasteiger partial charge in [0.25, 0.3) is 0 Å². The predicted molar refractivity (Wildman–Crippen MR) is 54.1 cm³/mol. The van der Waals surface area contributed by atoms with Crippen LogP contribution in [-0.2, 0) is 4.79 Å². The number of rotatable bonds is 2. The maximum atomic E-state index is 11.0. The number of ketones is 1. The van der Waals surface area contributed by atoms with Crippen LogP contribution in [0.25, 0.3) is 0 Å². The zero-order valence-electron chi connectivity index (χ0n) is 7.05. The minimum Gasteiger partial charge on any atom is -0.318 e. The lowest BCUT2D eigenvalue weighted by Crippen LogP contribution is -2.19. The summed E-state index contributed by atoms with van der Waals surface area (Å²) in [6, 6.07) is 4.29. The van der Waals surface area contributed by atoms with Crippen molar-refractivity contribution in [1.29, 1.82) is 0 Å². The van der Waals surface area contributed by atoms with Crippen molar-refractivity contribution in [2.75, 3.05) is 0 Å². The first-order chi connectivity index (χ1) is 6.04. The van der Waals surface area contributed by atoms with E-state index in [0.29, 0.717) is 15.6 Å². The summed E-state index contributed by atoms with van der Waals surface area (Å²) >= 11 is 11.7. The van der Waals surface area contributed by atoms with Gasteiger partial charge in [0.05, 0.1) is 6.04 Å². The Morgan fingerprint density at radius 1 is 1.38 bits per heavy atom. The number of hydrogen-bond acceptors (Lipinski definition) is 2. The molecule has 0 saturated heterocycles. The molecule has 0 heterocycles. The number of carbonyl (C=O) groups is 1. The second kappa shape index (κ2) is 4.09. The second-order valence-electron chi connectivity index (χ2n) is 2.72. The highest BCUT2D eigenvalue weighted by atomic mass is 35.5. The van der Waals surface area contributed by atoms with E-state index >= 15 is 0 Å². The number of Topliss-reactive ketones (excluding diaryl/α,β-unsaturated/α-hetero) is 1. The lowest BCUT2D eigenvalue weighted by atomic mass is 10.0. The van der Waals surface area contributed by atoms with Crippen LogP contribution >= 0.6 is 23.2 Å². The maximum absolute atomic E-state index is 11.0. The summed E-state index contributed by atoms with van der Waals surface area (Å²) in [5.74, 6) is -0.157. The Kier molecular flexibility index (Phi) is 3.31. The number of carbonyl (C=O) groups excluding carboxylic acids is 1. The molecule has 4 heteroatoms. The van der Waals surface area contributed by atoms with Crippen molar-refractivity contribution in [2.45, 2.75) is 13.0 Å². The molecule has 1 atom stereocenters. The van der Waals surface area contributed by atoms with Crippen LogP contribution in [0.4, 0.5) is 0 Å². The van der Waals surface area contributed by atoms with Crippen molar-refractivity contribution < 1.29 is 4.79 Å². The molecule has 0 aliphatic carbocycles. The molecule has 70 valence electrons. The van der Waals surface area contributed by atoms with Gasteiger partial charge in [-0.1, -0.05) is 29.3 Å². The van der Waals surface area contributed by atoms with Crippen LogP contribution in [0.2, 0.25) is 10.0 Å². The average Bonchev–Trinajstić information content (AvgIpc) is 2.03. The summed E-state index contributed by atoms with van der Waals surface area (Å²) in [4.78, 5) is 11.0. The van der Waals surface area contributed by atoms with Gasteiger partial charge in [-0.05, 0) is 19.1 Å². The number of hydrogen-bond donors (Lipinski definition) is 1. The van der Waals surface area contributed by atoms with Gasteiger partial charge >= 0.3 is 0 Å². The number of halogens is 2. The molecule has 0 bridgehead atoms. The Morgan fingerprint density at radius 2 is 1.85 bits per heavy atom. The lowest BCUT2D eigenvalue weighted by molar-refractivity contribution is -0.118. The normalized spacial score (nSPS) is 12.6. The van der Waals surface area contributed by atoms with Crippen LogP contribution < -0.4 is 5.73 Å². The molecule has 13 heavy (non-hydrogen) atoms. The van der Waals surface area contributed by atoms with Gasteiger partial charge in [0, 0.05) is 15.6 Å². The van der Waals surface area contributed by atoms with Gasteiger partial charge in [-0.25, -0.2) is 0 Å². The highest BCUT2D eigenvalue weighted by Crippen LogP contribution is 2.29. The minimum atomic E-state index is -0.735. The van der Waals surface area contributed by atoms with Crippen molar-refractivity contribution >= 4 is 29.0 Å². The molecule has 0 aliphatic rings. The molecular weight excluding hydrogens is 209 g/mol. The zero-order chi connectivity index (χ0) is 10.0. The molecule has 2 nitrogen and oxygen atoms in total. The fourth-order valence-corrected chi connectivity index (χ4v) is 1.64. The van der Waals surface area contributed by atoms with Crippen molar-refractivity contribution in [1.82, 2.24) is 0 Å². The molecule has 2 N–H and O–H groups in total. The van der Waals surface area contributed by atoms with Crippen LogP contribution in [0.15, 0.2) is 18.2 Å². The molecule has 0 fully saturated rings. The zero-order valence-corrected chi connectivity index (χ0v) is 8.56. The summed E-state index contributed by atoms with van der Waals surface area (Å²) < 4.78 is 0. The molecular formula is C9H9Cl2NO. The SMILES string of the molecule is CC(=O)C(N)c1c(Cl)cccc1Cl. The standard InChI is InChI=1S/C9H9Cl2NO/c1-5(13)9(12)8-6(10)3-2-4-7(8)11/h2-4,9H,12H2,1H3. The van der Waals surface area contributed by atoms with Crippen molar-refractivity contribution in [3.05, 3.63) is 33.8 Å². The van der Waals surface area contributed by atoms with E-state index in [2.05, 4.69) is 0 Å². The molecule has 0 saturated carbocycles. The minimum absolute atomic E-state index is 0.157. The van der Waals surface area contributed by atoms with Crippen LogP contribution in [0.3, 0.4) is 0 Å². The van der Waals surface area contributed by atoms with Gasteiger partial charge in [-0.15, -0.1) is 0 Å². The maximum Gasteiger partial charge on any atom is 0.151 e. The Hall–Kier alpha value is -0.570. The van der Waals surface area contributed by atoms with E-state index in [0.717, 1.165) is 0 Å². The molecule has 0 aromatic heterocycles. The lowest BCUT2D eigenvalue weighted by Gasteiger charge is -2.11. The Balaban J connectivity index is 3.20. The quantitative estimate of drug-likeness (QED) is 0.828. The Bertz CT molecular complexity index is 318. The van der Waals surface area contributed by atoms with Crippen molar-refractivity contribution in [3.8, 4) is 0 Å². The molecule has 0 spiro atoms. The molecule has 0 amide bonds. The van der Waals surface area contributed by atoms with E-state index in [-0.39, 0.29) is 5.78 Å². The van der Waals surface area contributed by atoms with Gasteiger partial charge in [0.1, 0.15) is 0 Å². The van der Waals surface area contributed by atoms with E-state index in [1.165, 1.54) is 6.92 Å². The molecule has 0 radical (unpaired) electrons. The summed E-state index contributed by atoms with van der Waals surface area (Å²) in [5, 5.41) is 0.852. The third kappa shape index (κ3) is 2.21. The topological polar surface area (TPSA) is 43.1 Å². The molecule has 0 aliphatic heterocycles. The molecule has 1 aromatic rings. The predicted octanol–water partition coefficient (Wildman–Crippen LogP) is 2.58. The first kappa shape index (κ1) is 10.5. The highest BCUT2D eigenvalue weighted by molar-refractivity contribution is 6.36. The van der Waals surface area contributed by atoms with Gasteiger partial charge in [0.2, 0.25) is 0 Å². The Morgan fingerprint density at radius 3 is 2.23 bits per heavy atom. The van der Waals surface area contributed by atoms with E-state index < -0.39 is 6.04 Å². The summed E-state index contributed by atoms with van der Waals surface area (Å²) in [6.45, 7) is 1.41. The van der Waals surface area contributed by atoms with Gasteiger partial charge in [-0.3, -0.25) is 4.79 Å². The first-order valence-corrected chi connectivity index (χ1v) is 4.49. The fraction of sp³-hybridized carbons (Fsp3) is 0.222. The fourth-order valence-electron chi connectivity index (χ4n) is 1.01. The first-order valence-electron chi connectivity index (χ1n) is 3.74. The van der Waals surface area contributed by atoms with Gasteiger partial charge < -0.3 is 5.73 Å². The molecule has 1 aromatic carbocycles. The van der Waals surface area contributed by atoms with Crippen LogP contribution in [0, 0.1) is 0 Å². The number of nitrogens with two attached hydrogens (primary N) is 1. The third-order valence-electron chi connectivity index (χ3n) is 1.75. The smallest absolute Gasteiger partial charge is 0.151 e. The van der Waals surface area contributed by atoms with E-state index in [4.69, 9.17) is 28.9 Å². The third-order valence-corrected chi connectivity index (χ3v) is 2.41. The van der Waals surface area contributed by atoms with Crippen LogP contribution in [0.5, 0.6) is 0 Å². The van der Waals surface area contributed by atoms with Crippen molar-refractivity contribution in [2.24, 2.45) is 5.73 Å². The van der Waals surface area contributed by atoms with Crippen molar-refractivity contribution in [3.63, 3.8) is 0 Å². The van der Waals surface area contributed by atoms with E-state index in [1.807, 2.05) is 0 Å². The molecule has 1 unspecified atom stereocenters. The van der Waals surface area contributed by atoms with E-state index in [1.54, 1.807) is 18.2 Å². The average molecular weight is 218 g/mol. The largest absolute Gasteiger partial charge is 0.318 e.